The van der Waals surface area contributed by atoms with Gasteiger partial charge in [-0.1, -0.05) is 46.5 Å². The fourth-order valence-corrected chi connectivity index (χ4v) is 10.2. The number of fused-ring (bicyclic) bond motifs is 1. The van der Waals surface area contributed by atoms with Crippen LogP contribution in [0.3, 0.4) is 0 Å². The first-order valence-electron chi connectivity index (χ1n) is 16.8. The van der Waals surface area contributed by atoms with Gasteiger partial charge < -0.3 is 15.2 Å². The van der Waals surface area contributed by atoms with Gasteiger partial charge in [-0.2, -0.15) is 16.9 Å². The van der Waals surface area contributed by atoms with Crippen molar-refractivity contribution in [2.24, 2.45) is 35.3 Å². The maximum atomic E-state index is 11.9. The van der Waals surface area contributed by atoms with Gasteiger partial charge in [-0.05, 0) is 74.7 Å². The zero-order chi connectivity index (χ0) is 28.9. The molecule has 1 aromatic heterocycles. The lowest BCUT2D eigenvalue weighted by molar-refractivity contribution is -0.123. The number of aromatic nitrogens is 2. The number of hydrogen-bond acceptors (Lipinski definition) is 6. The van der Waals surface area contributed by atoms with Crippen LogP contribution in [0.15, 0.2) is 12.4 Å². The molecule has 8 heteroatoms. The van der Waals surface area contributed by atoms with Crippen LogP contribution in [0.25, 0.3) is 0 Å². The van der Waals surface area contributed by atoms with Gasteiger partial charge in [-0.15, -0.1) is 0 Å². The predicted molar refractivity (Wildman–Crippen MR) is 167 cm³/mol. The summed E-state index contributed by atoms with van der Waals surface area (Å²) in [4.78, 5) is 14.5. The topological polar surface area (TPSA) is 82.6 Å². The normalized spacial score (nSPS) is 37.4. The molecule has 41 heavy (non-hydrogen) atoms. The standard InChI is InChI=1S/C33H56N4O3S/c1-5-25-12-13-26(33(34)38)18-27(25)20-36-21-28(19-35-36)29-9-7-10-30-32(29)41-17-14-37(30)24(4)39-15-16-40-31-11-6-8-22(2)23(31)3/h19,21-27,29-32H,5-18,20H2,1-4H3,(H2,34,38). The Hall–Kier alpha value is -1.09. The number of thioether (sulfide) groups is 1. The second kappa shape index (κ2) is 14.6. The van der Waals surface area contributed by atoms with Crippen LogP contribution in [0, 0.1) is 29.6 Å². The van der Waals surface area contributed by atoms with Crippen molar-refractivity contribution in [2.45, 2.75) is 128 Å². The number of nitrogens with two attached hydrogens (primary N) is 1. The van der Waals surface area contributed by atoms with E-state index in [1.807, 2.05) is 0 Å². The molecule has 10 atom stereocenters. The number of rotatable bonds is 11. The minimum Gasteiger partial charge on any atom is -0.376 e. The minimum absolute atomic E-state index is 0.0249. The highest BCUT2D eigenvalue weighted by atomic mass is 32.2. The van der Waals surface area contributed by atoms with Crippen molar-refractivity contribution >= 4 is 17.7 Å². The van der Waals surface area contributed by atoms with E-state index in [2.05, 4.69) is 61.4 Å². The molecule has 7 nitrogen and oxygen atoms in total. The van der Waals surface area contributed by atoms with Crippen LogP contribution in [0.2, 0.25) is 0 Å². The van der Waals surface area contributed by atoms with Crippen molar-refractivity contribution in [3.8, 4) is 0 Å². The van der Waals surface area contributed by atoms with E-state index in [1.54, 1.807) is 0 Å². The van der Waals surface area contributed by atoms with Gasteiger partial charge >= 0.3 is 0 Å². The number of primary amides is 1. The fraction of sp³-hybridized carbons (Fsp3) is 0.879. The monoisotopic (exact) mass is 588 g/mol. The third-order valence-corrected chi connectivity index (χ3v) is 12.8. The van der Waals surface area contributed by atoms with E-state index in [-0.39, 0.29) is 18.1 Å². The highest BCUT2D eigenvalue weighted by Gasteiger charge is 2.42. The minimum atomic E-state index is -0.128. The molecule has 1 saturated heterocycles. The van der Waals surface area contributed by atoms with Gasteiger partial charge in [0.25, 0.3) is 0 Å². The van der Waals surface area contributed by atoms with Gasteiger partial charge in [0.2, 0.25) is 5.91 Å². The first-order valence-corrected chi connectivity index (χ1v) is 17.8. The number of amides is 1. The SMILES string of the molecule is CCC1CCC(C(N)=O)CC1Cn1cc(C2CCCC3C2SCCN3C(C)OCCOC2CCCC(C)C2C)cn1. The van der Waals surface area contributed by atoms with Gasteiger partial charge in [0.05, 0.1) is 25.5 Å². The lowest BCUT2D eigenvalue weighted by atomic mass is 9.72. The van der Waals surface area contributed by atoms with Crippen LogP contribution in [0.1, 0.15) is 103 Å². The highest BCUT2D eigenvalue weighted by molar-refractivity contribution is 8.00. The molecule has 1 aromatic rings. The van der Waals surface area contributed by atoms with E-state index in [4.69, 9.17) is 20.3 Å². The molecule has 4 aliphatic rings. The molecule has 1 aliphatic heterocycles. The van der Waals surface area contributed by atoms with Crippen molar-refractivity contribution < 1.29 is 14.3 Å². The van der Waals surface area contributed by atoms with E-state index >= 15 is 0 Å². The van der Waals surface area contributed by atoms with Crippen molar-refractivity contribution in [2.75, 3.05) is 25.5 Å². The number of carbonyl (C=O) groups excluding carboxylic acids is 1. The molecule has 4 fully saturated rings. The summed E-state index contributed by atoms with van der Waals surface area (Å²) in [6.07, 6.45) is 16.6. The Morgan fingerprint density at radius 3 is 2.76 bits per heavy atom. The Morgan fingerprint density at radius 1 is 1.12 bits per heavy atom. The van der Waals surface area contributed by atoms with Crippen molar-refractivity contribution in [3.63, 3.8) is 0 Å². The van der Waals surface area contributed by atoms with Gasteiger partial charge in [-0.25, -0.2) is 0 Å². The first-order chi connectivity index (χ1) is 19.9. The Labute approximate surface area is 253 Å². The third-order valence-electron chi connectivity index (χ3n) is 11.3. The molecule has 0 radical (unpaired) electrons. The van der Waals surface area contributed by atoms with Crippen LogP contribution >= 0.6 is 11.8 Å². The quantitative estimate of drug-likeness (QED) is 0.316. The second-order valence-electron chi connectivity index (χ2n) is 13.7. The average Bonchev–Trinajstić information content (AvgIpc) is 3.44. The van der Waals surface area contributed by atoms with Gasteiger partial charge in [0.15, 0.2) is 0 Å². The predicted octanol–water partition coefficient (Wildman–Crippen LogP) is 6.07. The number of nitrogens with zero attached hydrogens (tertiary/aromatic N) is 3. The zero-order valence-corrected chi connectivity index (χ0v) is 26.9. The molecule has 5 rings (SSSR count). The number of ether oxygens (including phenoxy) is 2. The molecule has 3 aliphatic carbocycles. The molecule has 232 valence electrons. The van der Waals surface area contributed by atoms with Crippen molar-refractivity contribution in [1.82, 2.24) is 14.7 Å². The molecule has 0 bridgehead atoms. The summed E-state index contributed by atoms with van der Waals surface area (Å²) in [5.74, 6) is 4.12. The smallest absolute Gasteiger partial charge is 0.220 e. The van der Waals surface area contributed by atoms with E-state index in [0.29, 0.717) is 54.3 Å². The summed E-state index contributed by atoms with van der Waals surface area (Å²) in [6.45, 7) is 12.6. The van der Waals surface area contributed by atoms with Crippen molar-refractivity contribution in [3.05, 3.63) is 18.0 Å². The number of hydrogen-bond donors (Lipinski definition) is 1. The summed E-state index contributed by atoms with van der Waals surface area (Å²) in [5.41, 5.74) is 7.09. The van der Waals surface area contributed by atoms with Crippen LogP contribution in [0.4, 0.5) is 0 Å². The molecule has 1 amide bonds. The summed E-state index contributed by atoms with van der Waals surface area (Å²) >= 11 is 2.16. The lowest BCUT2D eigenvalue weighted by Gasteiger charge is -2.49. The second-order valence-corrected chi connectivity index (χ2v) is 14.9. The Bertz CT molecular complexity index is 974. The van der Waals surface area contributed by atoms with Gasteiger partial charge in [0.1, 0.15) is 6.23 Å². The molecule has 3 saturated carbocycles. The largest absolute Gasteiger partial charge is 0.376 e. The summed E-state index contributed by atoms with van der Waals surface area (Å²) in [6, 6.07) is 0.546. The summed E-state index contributed by atoms with van der Waals surface area (Å²) in [7, 11) is 0. The van der Waals surface area contributed by atoms with Gasteiger partial charge in [-0.3, -0.25) is 14.4 Å². The fourth-order valence-electron chi connectivity index (χ4n) is 8.53. The van der Waals surface area contributed by atoms with Gasteiger partial charge in [0, 0.05) is 48.2 Å². The van der Waals surface area contributed by atoms with Crippen LogP contribution in [0.5, 0.6) is 0 Å². The molecule has 0 spiro atoms. The van der Waals surface area contributed by atoms with Crippen LogP contribution in [-0.2, 0) is 20.8 Å². The lowest BCUT2D eigenvalue weighted by Crippen LogP contribution is -2.55. The zero-order valence-electron chi connectivity index (χ0n) is 26.1. The molecular weight excluding hydrogens is 532 g/mol. The van der Waals surface area contributed by atoms with Crippen LogP contribution in [-0.4, -0.2) is 69.7 Å². The Balaban J connectivity index is 1.15. The maximum absolute atomic E-state index is 11.9. The third kappa shape index (κ3) is 7.53. The molecule has 2 N–H and O–H groups in total. The highest BCUT2D eigenvalue weighted by Crippen LogP contribution is 2.45. The first kappa shape index (κ1) is 31.3. The van der Waals surface area contributed by atoms with E-state index in [1.165, 1.54) is 44.1 Å². The van der Waals surface area contributed by atoms with Crippen LogP contribution < -0.4 is 5.73 Å². The van der Waals surface area contributed by atoms with Crippen molar-refractivity contribution in [1.29, 1.82) is 0 Å². The molecular formula is C33H56N4O3S. The summed E-state index contributed by atoms with van der Waals surface area (Å²) < 4.78 is 14.9. The van der Waals surface area contributed by atoms with E-state index in [0.717, 1.165) is 50.4 Å². The summed E-state index contributed by atoms with van der Waals surface area (Å²) in [5, 5.41) is 5.44. The Morgan fingerprint density at radius 2 is 1.95 bits per heavy atom. The molecule has 0 aromatic carbocycles. The van der Waals surface area contributed by atoms with E-state index < -0.39 is 0 Å². The van der Waals surface area contributed by atoms with E-state index in [9.17, 15) is 4.79 Å². The number of carbonyl (C=O) groups is 1. The maximum Gasteiger partial charge on any atom is 0.220 e. The molecule has 10 unspecified atom stereocenters. The average molecular weight is 589 g/mol. The molecule has 2 heterocycles. The Kier molecular flexibility index (Phi) is 11.2.